The Morgan fingerprint density at radius 2 is 1.69 bits per heavy atom. The van der Waals surface area contributed by atoms with Crippen molar-refractivity contribution in [2.24, 2.45) is 0 Å². The molecule has 2 aromatic carbocycles. The molecule has 5 nitrogen and oxygen atoms in total. The molecular formula is C23H30FN5. The molecule has 0 amide bonds. The predicted molar refractivity (Wildman–Crippen MR) is 115 cm³/mol. The van der Waals surface area contributed by atoms with Crippen LogP contribution in [0.2, 0.25) is 0 Å². The highest BCUT2D eigenvalue weighted by atomic mass is 19.1. The number of nitrogens with one attached hydrogen (secondary N) is 1. The van der Waals surface area contributed by atoms with Crippen LogP contribution in [-0.2, 0) is 13.1 Å². The molecule has 0 saturated heterocycles. The molecule has 0 unspecified atom stereocenters. The molecule has 1 N–H and O–H groups in total. The van der Waals surface area contributed by atoms with Crippen molar-refractivity contribution in [3.63, 3.8) is 0 Å². The Bertz CT molecular complexity index is 874. The lowest BCUT2D eigenvalue weighted by atomic mass is 10.1. The SMILES string of the molecule is CCN(CC)CCCNCc1nn(Cc2ccccc2F)nc1-c1ccccc1. The molecule has 29 heavy (non-hydrogen) atoms. The van der Waals surface area contributed by atoms with E-state index in [9.17, 15) is 4.39 Å². The molecule has 154 valence electrons. The lowest BCUT2D eigenvalue weighted by Gasteiger charge is -2.17. The van der Waals surface area contributed by atoms with Gasteiger partial charge in [0.05, 0.1) is 6.54 Å². The van der Waals surface area contributed by atoms with Gasteiger partial charge in [0, 0.05) is 17.7 Å². The van der Waals surface area contributed by atoms with Crippen LogP contribution in [0.4, 0.5) is 4.39 Å². The molecule has 1 aromatic heterocycles. The van der Waals surface area contributed by atoms with Crippen molar-refractivity contribution in [1.82, 2.24) is 25.2 Å². The van der Waals surface area contributed by atoms with E-state index in [0.717, 1.165) is 49.6 Å². The summed E-state index contributed by atoms with van der Waals surface area (Å²) in [5.41, 5.74) is 3.33. The number of benzene rings is 2. The fourth-order valence-electron chi connectivity index (χ4n) is 3.35. The zero-order valence-electron chi connectivity index (χ0n) is 17.3. The molecule has 0 aliphatic rings. The number of halogens is 1. The molecule has 0 fully saturated rings. The van der Waals surface area contributed by atoms with E-state index in [-0.39, 0.29) is 5.82 Å². The van der Waals surface area contributed by atoms with E-state index in [1.165, 1.54) is 6.07 Å². The third kappa shape index (κ3) is 5.95. The zero-order chi connectivity index (χ0) is 20.5. The second kappa shape index (κ2) is 10.8. The Labute approximate surface area is 172 Å². The molecule has 0 aliphatic heterocycles. The van der Waals surface area contributed by atoms with Gasteiger partial charge in [-0.25, -0.2) is 4.39 Å². The van der Waals surface area contributed by atoms with Gasteiger partial charge in [0.15, 0.2) is 0 Å². The highest BCUT2D eigenvalue weighted by Crippen LogP contribution is 2.20. The average molecular weight is 396 g/mol. The molecule has 0 atom stereocenters. The van der Waals surface area contributed by atoms with Crippen LogP contribution in [0.1, 0.15) is 31.5 Å². The van der Waals surface area contributed by atoms with Crippen LogP contribution in [0.5, 0.6) is 0 Å². The number of nitrogens with zero attached hydrogens (tertiary/aromatic N) is 4. The molecule has 3 aromatic rings. The Hall–Kier alpha value is -2.57. The third-order valence-electron chi connectivity index (χ3n) is 5.06. The third-order valence-corrected chi connectivity index (χ3v) is 5.06. The number of aromatic nitrogens is 3. The molecule has 0 aliphatic carbocycles. The van der Waals surface area contributed by atoms with E-state index in [1.807, 2.05) is 36.4 Å². The minimum Gasteiger partial charge on any atom is -0.311 e. The first-order valence-corrected chi connectivity index (χ1v) is 10.4. The van der Waals surface area contributed by atoms with E-state index in [0.29, 0.717) is 18.7 Å². The fraction of sp³-hybridized carbons (Fsp3) is 0.391. The van der Waals surface area contributed by atoms with Crippen LogP contribution in [0.3, 0.4) is 0 Å². The summed E-state index contributed by atoms with van der Waals surface area (Å²) >= 11 is 0. The van der Waals surface area contributed by atoms with Crippen LogP contribution in [0, 0.1) is 5.82 Å². The Balaban J connectivity index is 1.69. The molecule has 6 heteroatoms. The van der Waals surface area contributed by atoms with E-state index >= 15 is 0 Å². The van der Waals surface area contributed by atoms with Gasteiger partial charge in [-0.3, -0.25) is 0 Å². The minimum atomic E-state index is -0.234. The summed E-state index contributed by atoms with van der Waals surface area (Å²) in [5, 5.41) is 12.8. The van der Waals surface area contributed by atoms with Gasteiger partial charge in [0.2, 0.25) is 0 Å². The van der Waals surface area contributed by atoms with Gasteiger partial charge in [-0.1, -0.05) is 62.4 Å². The fourth-order valence-corrected chi connectivity index (χ4v) is 3.35. The molecule has 0 radical (unpaired) electrons. The van der Waals surface area contributed by atoms with E-state index < -0.39 is 0 Å². The second-order valence-electron chi connectivity index (χ2n) is 7.04. The summed E-state index contributed by atoms with van der Waals surface area (Å²) in [5.74, 6) is -0.234. The van der Waals surface area contributed by atoms with E-state index in [1.54, 1.807) is 16.9 Å². The predicted octanol–water partition coefficient (Wildman–Crippen LogP) is 3.95. The van der Waals surface area contributed by atoms with Crippen molar-refractivity contribution in [3.8, 4) is 11.3 Å². The second-order valence-corrected chi connectivity index (χ2v) is 7.04. The Kier molecular flexibility index (Phi) is 7.90. The number of rotatable bonds is 11. The Morgan fingerprint density at radius 3 is 2.41 bits per heavy atom. The minimum absolute atomic E-state index is 0.234. The van der Waals surface area contributed by atoms with Gasteiger partial charge in [-0.05, 0) is 38.7 Å². The van der Waals surface area contributed by atoms with E-state index in [4.69, 9.17) is 0 Å². The van der Waals surface area contributed by atoms with Gasteiger partial charge >= 0.3 is 0 Å². The molecule has 3 rings (SSSR count). The van der Waals surface area contributed by atoms with Crippen LogP contribution in [0.25, 0.3) is 11.3 Å². The normalized spacial score (nSPS) is 11.3. The lowest BCUT2D eigenvalue weighted by Crippen LogP contribution is -2.27. The van der Waals surface area contributed by atoms with Crippen molar-refractivity contribution in [2.75, 3.05) is 26.2 Å². The molecule has 0 spiro atoms. The molecule has 0 bridgehead atoms. The number of hydrogen-bond acceptors (Lipinski definition) is 4. The van der Waals surface area contributed by atoms with Crippen LogP contribution >= 0.6 is 0 Å². The van der Waals surface area contributed by atoms with Crippen LogP contribution in [0.15, 0.2) is 54.6 Å². The van der Waals surface area contributed by atoms with Crippen molar-refractivity contribution in [2.45, 2.75) is 33.4 Å². The molecular weight excluding hydrogens is 365 g/mol. The van der Waals surface area contributed by atoms with Crippen molar-refractivity contribution >= 4 is 0 Å². The van der Waals surface area contributed by atoms with Gasteiger partial charge in [-0.15, -0.1) is 0 Å². The van der Waals surface area contributed by atoms with Crippen molar-refractivity contribution in [1.29, 1.82) is 0 Å². The first-order valence-electron chi connectivity index (χ1n) is 10.4. The van der Waals surface area contributed by atoms with Crippen molar-refractivity contribution in [3.05, 3.63) is 71.7 Å². The van der Waals surface area contributed by atoms with E-state index in [2.05, 4.69) is 34.3 Å². The summed E-state index contributed by atoms with van der Waals surface area (Å²) in [6, 6.07) is 16.8. The lowest BCUT2D eigenvalue weighted by molar-refractivity contribution is 0.298. The van der Waals surface area contributed by atoms with Crippen molar-refractivity contribution < 1.29 is 4.39 Å². The van der Waals surface area contributed by atoms with Crippen LogP contribution < -0.4 is 5.32 Å². The monoisotopic (exact) mass is 395 g/mol. The summed E-state index contributed by atoms with van der Waals surface area (Å²) in [6.07, 6.45) is 1.09. The summed E-state index contributed by atoms with van der Waals surface area (Å²) in [6.45, 7) is 9.51. The summed E-state index contributed by atoms with van der Waals surface area (Å²) in [4.78, 5) is 4.01. The topological polar surface area (TPSA) is 46.0 Å². The standard InChI is InChI=1S/C23H30FN5/c1-3-28(4-2)16-10-15-25-17-22-23(19-11-6-5-7-12-19)27-29(26-22)18-20-13-8-9-14-21(20)24/h5-9,11-14,25H,3-4,10,15-18H2,1-2H3. The smallest absolute Gasteiger partial charge is 0.128 e. The summed E-state index contributed by atoms with van der Waals surface area (Å²) in [7, 11) is 0. The molecule has 0 saturated carbocycles. The Morgan fingerprint density at radius 1 is 0.966 bits per heavy atom. The van der Waals surface area contributed by atoms with Crippen LogP contribution in [-0.4, -0.2) is 46.1 Å². The van der Waals surface area contributed by atoms with Gasteiger partial charge in [0.25, 0.3) is 0 Å². The highest BCUT2D eigenvalue weighted by molar-refractivity contribution is 5.60. The highest BCUT2D eigenvalue weighted by Gasteiger charge is 2.14. The zero-order valence-corrected chi connectivity index (χ0v) is 17.3. The quantitative estimate of drug-likeness (QED) is 0.499. The average Bonchev–Trinajstić information content (AvgIpc) is 3.15. The maximum atomic E-state index is 14.0. The van der Waals surface area contributed by atoms with Gasteiger partial charge < -0.3 is 10.2 Å². The maximum Gasteiger partial charge on any atom is 0.128 e. The number of hydrogen-bond donors (Lipinski definition) is 1. The first kappa shape index (κ1) is 21.1. The van der Waals surface area contributed by atoms with Gasteiger partial charge in [-0.2, -0.15) is 15.0 Å². The summed E-state index contributed by atoms with van der Waals surface area (Å²) < 4.78 is 14.0. The largest absolute Gasteiger partial charge is 0.311 e. The first-order chi connectivity index (χ1) is 14.2. The van der Waals surface area contributed by atoms with Gasteiger partial charge in [0.1, 0.15) is 17.2 Å². The maximum absolute atomic E-state index is 14.0. The molecule has 1 heterocycles.